The van der Waals surface area contributed by atoms with Gasteiger partial charge in [0.15, 0.2) is 5.13 Å². The van der Waals surface area contributed by atoms with Crippen molar-refractivity contribution < 1.29 is 13.2 Å². The Morgan fingerprint density at radius 2 is 1.68 bits per heavy atom. The summed E-state index contributed by atoms with van der Waals surface area (Å²) in [6.07, 6.45) is 0. The molecule has 40 heavy (non-hydrogen) atoms. The Bertz CT molecular complexity index is 1570. The van der Waals surface area contributed by atoms with Gasteiger partial charge in [-0.2, -0.15) is 0 Å². The summed E-state index contributed by atoms with van der Waals surface area (Å²) in [4.78, 5) is 22.4. The molecule has 0 aliphatic carbocycles. The van der Waals surface area contributed by atoms with Crippen molar-refractivity contribution in [2.45, 2.75) is 18.7 Å². The molecule has 0 atom stereocenters. The fraction of sp³-hybridized carbons (Fsp3) is 0.310. The number of carbonyl (C=O) groups excluding carboxylic acids is 1. The van der Waals surface area contributed by atoms with Crippen LogP contribution in [0.2, 0.25) is 0 Å². The van der Waals surface area contributed by atoms with Crippen LogP contribution in [0.25, 0.3) is 10.2 Å². The van der Waals surface area contributed by atoms with Gasteiger partial charge in [-0.15, -0.1) is 12.4 Å². The first-order valence-corrected chi connectivity index (χ1v) is 15.3. The molecule has 4 aromatic rings. The van der Waals surface area contributed by atoms with E-state index in [1.807, 2.05) is 6.07 Å². The lowest BCUT2D eigenvalue weighted by atomic mass is 10.1. The number of nitrogens with one attached hydrogen (secondary N) is 1. The second-order valence-electron chi connectivity index (χ2n) is 9.84. The minimum atomic E-state index is -3.72. The van der Waals surface area contributed by atoms with Crippen molar-refractivity contribution in [2.24, 2.45) is 0 Å². The molecular weight excluding hydrogens is 566 g/mol. The number of fused-ring (bicyclic) bond motifs is 1. The number of para-hydroxylation sites is 1. The van der Waals surface area contributed by atoms with Gasteiger partial charge in [-0.25, -0.2) is 13.4 Å². The Labute approximate surface area is 246 Å². The number of aromatic nitrogens is 1. The molecule has 0 unspecified atom stereocenters. The average Bonchev–Trinajstić information content (AvgIpc) is 3.38. The number of nitrogens with zero attached hydrogens (tertiary/aromatic N) is 4. The molecule has 0 spiro atoms. The number of benzene rings is 3. The largest absolute Gasteiger partial charge is 0.351 e. The van der Waals surface area contributed by atoms with Crippen molar-refractivity contribution in [3.05, 3.63) is 83.4 Å². The van der Waals surface area contributed by atoms with E-state index >= 15 is 0 Å². The molecule has 0 radical (unpaired) electrons. The maximum atomic E-state index is 13.0. The molecule has 1 fully saturated rings. The molecule has 212 valence electrons. The highest BCUT2D eigenvalue weighted by molar-refractivity contribution is 7.92. The Morgan fingerprint density at radius 1 is 1.00 bits per heavy atom. The van der Waals surface area contributed by atoms with Crippen LogP contribution in [0.3, 0.4) is 0 Å². The number of sulfonamides is 1. The Kier molecular flexibility index (Phi) is 9.35. The summed E-state index contributed by atoms with van der Waals surface area (Å²) in [5.74, 6) is -0.214. The molecule has 0 bridgehead atoms. The second-order valence-corrected chi connectivity index (χ2v) is 12.8. The number of halogens is 1. The third-order valence-electron chi connectivity index (χ3n) is 7.07. The van der Waals surface area contributed by atoms with Gasteiger partial charge < -0.3 is 10.2 Å². The van der Waals surface area contributed by atoms with E-state index in [0.717, 1.165) is 43.4 Å². The van der Waals surface area contributed by atoms with Crippen molar-refractivity contribution in [3.8, 4) is 0 Å². The number of thiazole rings is 1. The van der Waals surface area contributed by atoms with E-state index < -0.39 is 10.0 Å². The first-order chi connectivity index (χ1) is 18.7. The summed E-state index contributed by atoms with van der Waals surface area (Å²) in [6, 6.07) is 19.4. The molecule has 5 rings (SSSR count). The molecule has 2 heterocycles. The Morgan fingerprint density at radius 3 is 2.35 bits per heavy atom. The highest BCUT2D eigenvalue weighted by Crippen LogP contribution is 2.32. The van der Waals surface area contributed by atoms with Gasteiger partial charge in [0.05, 0.1) is 20.8 Å². The van der Waals surface area contributed by atoms with Gasteiger partial charge in [0.1, 0.15) is 0 Å². The SMILES string of the molecule is Cc1cc(C)c2nc(N3CCN(CCNC(=O)c4ccc(S(=O)(=O)N(C)c5ccccc5)cc4)CC3)sc2c1.Cl. The lowest BCUT2D eigenvalue weighted by Gasteiger charge is -2.34. The van der Waals surface area contributed by atoms with Crippen LogP contribution in [0.1, 0.15) is 21.5 Å². The maximum Gasteiger partial charge on any atom is 0.264 e. The van der Waals surface area contributed by atoms with Gasteiger partial charge in [0.25, 0.3) is 15.9 Å². The van der Waals surface area contributed by atoms with Crippen molar-refractivity contribution in [1.29, 1.82) is 0 Å². The highest BCUT2D eigenvalue weighted by atomic mass is 35.5. The van der Waals surface area contributed by atoms with Crippen LogP contribution in [0.15, 0.2) is 71.6 Å². The zero-order chi connectivity index (χ0) is 27.6. The Hall–Kier alpha value is -3.18. The first-order valence-electron chi connectivity index (χ1n) is 13.0. The summed E-state index contributed by atoms with van der Waals surface area (Å²) in [5.41, 5.74) is 4.59. The number of carbonyl (C=O) groups is 1. The van der Waals surface area contributed by atoms with E-state index in [4.69, 9.17) is 4.98 Å². The van der Waals surface area contributed by atoms with Crippen molar-refractivity contribution in [2.75, 3.05) is 55.5 Å². The Balaban J connectivity index is 0.00000370. The van der Waals surface area contributed by atoms with Crippen molar-refractivity contribution in [1.82, 2.24) is 15.2 Å². The number of hydrogen-bond acceptors (Lipinski definition) is 7. The highest BCUT2D eigenvalue weighted by Gasteiger charge is 2.22. The molecule has 1 N–H and O–H groups in total. The normalized spacial score (nSPS) is 14.1. The molecule has 3 aromatic carbocycles. The van der Waals surface area contributed by atoms with E-state index in [9.17, 15) is 13.2 Å². The number of piperazine rings is 1. The lowest BCUT2D eigenvalue weighted by molar-refractivity contribution is 0.0947. The molecule has 1 amide bonds. The van der Waals surface area contributed by atoms with E-state index in [-0.39, 0.29) is 23.2 Å². The fourth-order valence-electron chi connectivity index (χ4n) is 4.80. The monoisotopic (exact) mass is 599 g/mol. The molecule has 11 heteroatoms. The van der Waals surface area contributed by atoms with Crippen LogP contribution in [0.4, 0.5) is 10.8 Å². The zero-order valence-electron chi connectivity index (χ0n) is 22.8. The van der Waals surface area contributed by atoms with Crippen molar-refractivity contribution >= 4 is 60.7 Å². The molecule has 0 saturated carbocycles. The number of rotatable bonds is 8. The van der Waals surface area contributed by atoms with Gasteiger partial charge >= 0.3 is 0 Å². The lowest BCUT2D eigenvalue weighted by Crippen LogP contribution is -2.48. The zero-order valence-corrected chi connectivity index (χ0v) is 25.3. The van der Waals surface area contributed by atoms with E-state index in [1.165, 1.54) is 39.3 Å². The summed E-state index contributed by atoms with van der Waals surface area (Å²) in [5, 5.41) is 4.04. The molecule has 1 aliphatic heterocycles. The third kappa shape index (κ3) is 6.41. The van der Waals surface area contributed by atoms with Crippen LogP contribution < -0.4 is 14.5 Å². The quantitative estimate of drug-likeness (QED) is 0.316. The molecule has 1 aromatic heterocycles. The maximum absolute atomic E-state index is 13.0. The van der Waals surface area contributed by atoms with E-state index in [0.29, 0.717) is 17.8 Å². The minimum absolute atomic E-state index is 0. The topological polar surface area (TPSA) is 85.9 Å². The van der Waals surface area contributed by atoms with Gasteiger partial charge in [-0.1, -0.05) is 35.6 Å². The summed E-state index contributed by atoms with van der Waals surface area (Å²) < 4.78 is 28.4. The number of aryl methyl sites for hydroxylation is 2. The van der Waals surface area contributed by atoms with Gasteiger partial charge in [0, 0.05) is 51.9 Å². The second kappa shape index (κ2) is 12.6. The van der Waals surface area contributed by atoms with Crippen LogP contribution in [0, 0.1) is 13.8 Å². The standard InChI is InChI=1S/C29H33N5O3S2.ClH/c1-21-19-22(2)27-26(20-21)38-29(31-27)34-17-15-33(16-18-34)14-13-30-28(35)23-9-11-25(12-10-23)39(36,37)32(3)24-7-5-4-6-8-24;/h4-12,19-20H,13-18H2,1-3H3,(H,30,35);1H. The van der Waals surface area contributed by atoms with E-state index in [2.05, 4.69) is 41.1 Å². The van der Waals surface area contributed by atoms with Crippen LogP contribution in [0.5, 0.6) is 0 Å². The predicted octanol–water partition coefficient (Wildman–Crippen LogP) is 4.71. The number of hydrogen-bond donors (Lipinski definition) is 1. The number of amides is 1. The molecular formula is C29H34ClN5O3S2. The predicted molar refractivity (Wildman–Crippen MR) is 166 cm³/mol. The summed E-state index contributed by atoms with van der Waals surface area (Å²) in [6.45, 7) is 9.14. The number of anilines is 2. The summed E-state index contributed by atoms with van der Waals surface area (Å²) in [7, 11) is -2.20. The first kappa shape index (κ1) is 29.8. The van der Waals surface area contributed by atoms with Gasteiger partial charge in [0.2, 0.25) is 0 Å². The van der Waals surface area contributed by atoms with Gasteiger partial charge in [-0.05, 0) is 67.4 Å². The van der Waals surface area contributed by atoms with E-state index in [1.54, 1.807) is 47.7 Å². The minimum Gasteiger partial charge on any atom is -0.351 e. The average molecular weight is 600 g/mol. The molecule has 1 aliphatic rings. The smallest absolute Gasteiger partial charge is 0.264 e. The van der Waals surface area contributed by atoms with Crippen LogP contribution >= 0.6 is 23.7 Å². The third-order valence-corrected chi connectivity index (χ3v) is 9.93. The molecule has 1 saturated heterocycles. The fourth-order valence-corrected chi connectivity index (χ4v) is 7.19. The van der Waals surface area contributed by atoms with Crippen molar-refractivity contribution in [3.63, 3.8) is 0 Å². The van der Waals surface area contributed by atoms with Gasteiger partial charge in [-0.3, -0.25) is 14.0 Å². The molecule has 8 nitrogen and oxygen atoms in total. The summed E-state index contributed by atoms with van der Waals surface area (Å²) >= 11 is 1.75. The van der Waals surface area contributed by atoms with Crippen LogP contribution in [-0.2, 0) is 10.0 Å². The van der Waals surface area contributed by atoms with Crippen LogP contribution in [-0.4, -0.2) is 70.5 Å².